The van der Waals surface area contributed by atoms with Crippen LogP contribution >= 0.6 is 0 Å². The van der Waals surface area contributed by atoms with Gasteiger partial charge >= 0.3 is 0 Å². The first-order valence-corrected chi connectivity index (χ1v) is 9.18. The van der Waals surface area contributed by atoms with Crippen LogP contribution in [0.3, 0.4) is 0 Å². The van der Waals surface area contributed by atoms with E-state index in [0.29, 0.717) is 11.4 Å². The SMILES string of the molecule is Cc1ccc(-n2nc(C)c(/C=C(/C#N)c3nc4ccccc4[nH]3)c2C)c(C)c1. The largest absolute Gasteiger partial charge is 0.337 e. The maximum absolute atomic E-state index is 9.74. The Morgan fingerprint density at radius 3 is 2.61 bits per heavy atom. The molecule has 2 aromatic carbocycles. The molecule has 0 atom stereocenters. The molecule has 0 aliphatic carbocycles. The number of nitriles is 1. The Morgan fingerprint density at radius 2 is 1.89 bits per heavy atom. The third-order valence-corrected chi connectivity index (χ3v) is 4.98. The van der Waals surface area contributed by atoms with Crippen molar-refractivity contribution in [3.8, 4) is 11.8 Å². The predicted molar refractivity (Wildman–Crippen MR) is 112 cm³/mol. The number of nitrogens with one attached hydrogen (secondary N) is 1. The van der Waals surface area contributed by atoms with Crippen LogP contribution in [-0.2, 0) is 0 Å². The number of benzene rings is 2. The summed E-state index contributed by atoms with van der Waals surface area (Å²) in [4.78, 5) is 7.79. The summed E-state index contributed by atoms with van der Waals surface area (Å²) >= 11 is 0. The maximum atomic E-state index is 9.74. The van der Waals surface area contributed by atoms with Gasteiger partial charge in [-0.1, -0.05) is 29.8 Å². The van der Waals surface area contributed by atoms with Crippen molar-refractivity contribution in [3.05, 3.63) is 76.4 Å². The molecule has 0 aliphatic rings. The number of hydrogen-bond acceptors (Lipinski definition) is 3. The van der Waals surface area contributed by atoms with Gasteiger partial charge in [0, 0.05) is 11.3 Å². The maximum Gasteiger partial charge on any atom is 0.149 e. The van der Waals surface area contributed by atoms with Crippen LogP contribution in [0.4, 0.5) is 0 Å². The van der Waals surface area contributed by atoms with Gasteiger partial charge in [0.05, 0.1) is 28.0 Å². The molecule has 2 heterocycles. The topological polar surface area (TPSA) is 70.3 Å². The minimum atomic E-state index is 0.488. The van der Waals surface area contributed by atoms with Gasteiger partial charge in [-0.25, -0.2) is 9.67 Å². The summed E-state index contributed by atoms with van der Waals surface area (Å²) in [6.07, 6.45) is 1.87. The zero-order valence-electron chi connectivity index (χ0n) is 16.4. The molecular weight excluding hydrogens is 346 g/mol. The lowest BCUT2D eigenvalue weighted by atomic mass is 10.1. The zero-order chi connectivity index (χ0) is 19.8. The Kier molecular flexibility index (Phi) is 4.32. The van der Waals surface area contributed by atoms with Gasteiger partial charge in [0.1, 0.15) is 11.9 Å². The molecular formula is C23H21N5. The van der Waals surface area contributed by atoms with Crippen molar-refractivity contribution in [3.63, 3.8) is 0 Å². The standard InChI is InChI=1S/C23H21N5/c1-14-9-10-22(15(2)11-14)28-17(4)19(16(3)27-28)12-18(13-24)23-25-20-7-5-6-8-21(20)26-23/h5-12H,1-4H3,(H,25,26)/b18-12-. The van der Waals surface area contributed by atoms with Crippen LogP contribution in [0.25, 0.3) is 28.4 Å². The summed E-state index contributed by atoms with van der Waals surface area (Å²) < 4.78 is 1.95. The normalized spacial score (nSPS) is 11.8. The van der Waals surface area contributed by atoms with Gasteiger partial charge in [-0.2, -0.15) is 10.4 Å². The monoisotopic (exact) mass is 367 g/mol. The van der Waals surface area contributed by atoms with E-state index in [1.165, 1.54) is 11.1 Å². The van der Waals surface area contributed by atoms with Gasteiger partial charge in [0.15, 0.2) is 0 Å². The van der Waals surface area contributed by atoms with E-state index in [1.807, 2.05) is 48.9 Å². The molecule has 0 saturated heterocycles. The Morgan fingerprint density at radius 1 is 1.11 bits per heavy atom. The Labute approximate surface area is 164 Å². The van der Waals surface area contributed by atoms with E-state index in [2.05, 4.69) is 48.1 Å². The molecule has 5 nitrogen and oxygen atoms in total. The van der Waals surface area contributed by atoms with Gasteiger partial charge < -0.3 is 4.98 Å². The molecule has 138 valence electrons. The second-order valence-corrected chi connectivity index (χ2v) is 7.06. The van der Waals surface area contributed by atoms with E-state index in [1.54, 1.807) is 0 Å². The highest BCUT2D eigenvalue weighted by Crippen LogP contribution is 2.25. The molecule has 0 bridgehead atoms. The molecule has 1 N–H and O–H groups in total. The van der Waals surface area contributed by atoms with E-state index in [9.17, 15) is 5.26 Å². The number of nitrogens with zero attached hydrogens (tertiary/aromatic N) is 4. The van der Waals surface area contributed by atoms with Crippen molar-refractivity contribution in [1.29, 1.82) is 5.26 Å². The minimum absolute atomic E-state index is 0.488. The molecule has 28 heavy (non-hydrogen) atoms. The van der Waals surface area contributed by atoms with Crippen molar-refractivity contribution in [2.75, 3.05) is 0 Å². The number of aryl methyl sites for hydroxylation is 3. The van der Waals surface area contributed by atoms with Gasteiger partial charge in [-0.3, -0.25) is 0 Å². The molecule has 5 heteroatoms. The molecule has 0 aliphatic heterocycles. The lowest BCUT2D eigenvalue weighted by Gasteiger charge is -2.09. The fraction of sp³-hybridized carbons (Fsp3) is 0.174. The van der Waals surface area contributed by atoms with Crippen molar-refractivity contribution in [1.82, 2.24) is 19.7 Å². The van der Waals surface area contributed by atoms with Crippen molar-refractivity contribution >= 4 is 22.7 Å². The summed E-state index contributed by atoms with van der Waals surface area (Å²) in [7, 11) is 0. The van der Waals surface area contributed by atoms with Gasteiger partial charge in [-0.15, -0.1) is 0 Å². The molecule has 0 unspecified atom stereocenters. The number of H-pyrrole nitrogens is 1. The molecule has 2 aromatic heterocycles. The van der Waals surface area contributed by atoms with Crippen LogP contribution in [0.2, 0.25) is 0 Å². The number of aromatic amines is 1. The van der Waals surface area contributed by atoms with Crippen LogP contribution < -0.4 is 0 Å². The second kappa shape index (κ2) is 6.82. The fourth-order valence-electron chi connectivity index (χ4n) is 3.52. The number of allylic oxidation sites excluding steroid dienone is 1. The first-order valence-electron chi connectivity index (χ1n) is 9.18. The molecule has 4 aromatic rings. The number of hydrogen-bond donors (Lipinski definition) is 1. The van der Waals surface area contributed by atoms with Crippen LogP contribution in [0.15, 0.2) is 42.5 Å². The molecule has 0 radical (unpaired) electrons. The Bertz CT molecular complexity index is 1230. The average Bonchev–Trinajstić information content (AvgIpc) is 3.21. The van der Waals surface area contributed by atoms with E-state index in [-0.39, 0.29) is 0 Å². The van der Waals surface area contributed by atoms with Gasteiger partial charge in [-0.05, 0) is 57.5 Å². The van der Waals surface area contributed by atoms with E-state index in [0.717, 1.165) is 33.7 Å². The van der Waals surface area contributed by atoms with E-state index >= 15 is 0 Å². The zero-order valence-corrected chi connectivity index (χ0v) is 16.4. The molecule has 0 saturated carbocycles. The quantitative estimate of drug-likeness (QED) is 0.515. The minimum Gasteiger partial charge on any atom is -0.337 e. The average molecular weight is 367 g/mol. The van der Waals surface area contributed by atoms with Gasteiger partial charge in [0.25, 0.3) is 0 Å². The smallest absolute Gasteiger partial charge is 0.149 e. The summed E-state index contributed by atoms with van der Waals surface area (Å²) in [5.41, 5.74) is 8.50. The number of imidazole rings is 1. The van der Waals surface area contributed by atoms with Crippen molar-refractivity contribution < 1.29 is 0 Å². The van der Waals surface area contributed by atoms with E-state index < -0.39 is 0 Å². The molecule has 4 rings (SSSR count). The van der Waals surface area contributed by atoms with E-state index in [4.69, 9.17) is 5.10 Å². The number of fused-ring (bicyclic) bond motifs is 1. The third kappa shape index (κ3) is 2.99. The summed E-state index contributed by atoms with van der Waals surface area (Å²) in [5.74, 6) is 0.571. The highest BCUT2D eigenvalue weighted by Gasteiger charge is 2.15. The molecule has 0 fully saturated rings. The van der Waals surface area contributed by atoms with Crippen LogP contribution in [0.1, 0.15) is 33.9 Å². The van der Waals surface area contributed by atoms with Crippen LogP contribution in [0.5, 0.6) is 0 Å². The van der Waals surface area contributed by atoms with Crippen molar-refractivity contribution in [2.45, 2.75) is 27.7 Å². The second-order valence-electron chi connectivity index (χ2n) is 7.06. The molecule has 0 amide bonds. The van der Waals surface area contributed by atoms with Gasteiger partial charge in [0.2, 0.25) is 0 Å². The number of aromatic nitrogens is 4. The Balaban J connectivity index is 1.82. The highest BCUT2D eigenvalue weighted by molar-refractivity contribution is 5.91. The lowest BCUT2D eigenvalue weighted by Crippen LogP contribution is -2.02. The Hall–Kier alpha value is -3.65. The predicted octanol–water partition coefficient (Wildman–Crippen LogP) is 5.05. The summed E-state index contributed by atoms with van der Waals surface area (Å²) in [5, 5.41) is 14.5. The first-order chi connectivity index (χ1) is 13.5. The molecule has 0 spiro atoms. The number of para-hydroxylation sites is 2. The third-order valence-electron chi connectivity index (χ3n) is 4.98. The fourth-order valence-corrected chi connectivity index (χ4v) is 3.52. The van der Waals surface area contributed by atoms with Crippen LogP contribution in [-0.4, -0.2) is 19.7 Å². The van der Waals surface area contributed by atoms with Crippen molar-refractivity contribution in [2.24, 2.45) is 0 Å². The summed E-state index contributed by atoms with van der Waals surface area (Å²) in [6, 6.07) is 16.4. The first kappa shape index (κ1) is 17.7. The number of rotatable bonds is 3. The van der Waals surface area contributed by atoms with Crippen LogP contribution in [0, 0.1) is 39.0 Å². The summed E-state index contributed by atoms with van der Waals surface area (Å²) in [6.45, 7) is 8.16. The lowest BCUT2D eigenvalue weighted by molar-refractivity contribution is 0.827. The highest BCUT2D eigenvalue weighted by atomic mass is 15.3.